The number of likely N-dealkylation sites (tertiary alicyclic amines) is 1. The fourth-order valence-electron chi connectivity index (χ4n) is 4.34. The van der Waals surface area contributed by atoms with Gasteiger partial charge in [0.1, 0.15) is 11.5 Å². The number of amides is 1. The molecule has 4 rings (SSSR count). The minimum absolute atomic E-state index is 0.174. The van der Waals surface area contributed by atoms with E-state index in [9.17, 15) is 14.7 Å². The molecule has 1 fully saturated rings. The molecule has 8 heteroatoms. The molecule has 1 aliphatic heterocycles. The van der Waals surface area contributed by atoms with Gasteiger partial charge in [-0.25, -0.2) is 9.78 Å². The molecule has 0 bridgehead atoms. The van der Waals surface area contributed by atoms with Crippen LogP contribution in [0.25, 0.3) is 11.5 Å². The average Bonchev–Trinajstić information content (AvgIpc) is 3.45. The number of carbonyl (C=O) groups is 2. The summed E-state index contributed by atoms with van der Waals surface area (Å²) < 4.78 is 16.8. The van der Waals surface area contributed by atoms with E-state index < -0.39 is 18.0 Å². The molecule has 0 radical (unpaired) electrons. The molecule has 0 unspecified atom stereocenters. The highest BCUT2D eigenvalue weighted by atomic mass is 16.6. The summed E-state index contributed by atoms with van der Waals surface area (Å²) >= 11 is 0. The summed E-state index contributed by atoms with van der Waals surface area (Å²) in [6.45, 7) is 4.53. The number of carboxylic acids is 1. The number of hydrogen-bond donors (Lipinski definition) is 1. The minimum Gasteiger partial charge on any atom is -0.493 e. The summed E-state index contributed by atoms with van der Waals surface area (Å²) in [5.41, 5.74) is 2.81. The van der Waals surface area contributed by atoms with Crippen LogP contribution in [0.5, 0.6) is 5.75 Å². The third-order valence-electron chi connectivity index (χ3n) is 6.18. The summed E-state index contributed by atoms with van der Waals surface area (Å²) in [6, 6.07) is 17.2. The van der Waals surface area contributed by atoms with Crippen molar-refractivity contribution in [3.8, 4) is 17.2 Å². The topological polar surface area (TPSA) is 102 Å². The standard InChI is InChI=1S/C27H30N2O6/c1-3-33-27(32)29-17-21(26(30)31)16-22(29)15-19-9-11-23(12-10-19)34-14-13-24-18(2)35-25(28-24)20-7-5-4-6-8-20/h4-12,21-22H,3,13-17H2,1-2H3,(H,30,31)/t21-,22-/m1/s1. The minimum atomic E-state index is -0.885. The number of aliphatic carboxylic acids is 1. The second-order valence-electron chi connectivity index (χ2n) is 8.61. The van der Waals surface area contributed by atoms with Crippen LogP contribution in [0.3, 0.4) is 0 Å². The molecule has 0 spiro atoms. The molecule has 1 N–H and O–H groups in total. The first-order valence-electron chi connectivity index (χ1n) is 11.8. The van der Waals surface area contributed by atoms with Crippen molar-refractivity contribution in [3.63, 3.8) is 0 Å². The monoisotopic (exact) mass is 478 g/mol. The average molecular weight is 479 g/mol. The maximum Gasteiger partial charge on any atom is 0.410 e. The van der Waals surface area contributed by atoms with Crippen molar-refractivity contribution in [1.29, 1.82) is 0 Å². The maximum absolute atomic E-state index is 12.3. The lowest BCUT2D eigenvalue weighted by Crippen LogP contribution is -2.37. The zero-order valence-corrected chi connectivity index (χ0v) is 20.0. The van der Waals surface area contributed by atoms with E-state index in [2.05, 4.69) is 4.98 Å². The number of aryl methyl sites for hydroxylation is 1. The number of carboxylic acid groups (broad SMARTS) is 1. The zero-order chi connectivity index (χ0) is 24.8. The highest BCUT2D eigenvalue weighted by molar-refractivity contribution is 5.74. The molecule has 2 aromatic carbocycles. The molecule has 3 aromatic rings. The molecule has 1 saturated heterocycles. The summed E-state index contributed by atoms with van der Waals surface area (Å²) in [5.74, 6) is 0.662. The molecule has 2 heterocycles. The van der Waals surface area contributed by atoms with Gasteiger partial charge in [-0.3, -0.25) is 4.79 Å². The summed E-state index contributed by atoms with van der Waals surface area (Å²) in [6.07, 6.45) is 1.13. The first-order valence-corrected chi connectivity index (χ1v) is 11.8. The van der Waals surface area contributed by atoms with Crippen molar-refractivity contribution < 1.29 is 28.6 Å². The Morgan fingerprint density at radius 3 is 2.57 bits per heavy atom. The van der Waals surface area contributed by atoms with Gasteiger partial charge in [-0.05, 0) is 56.5 Å². The Labute approximate surface area is 204 Å². The van der Waals surface area contributed by atoms with Gasteiger partial charge in [0.05, 0.1) is 24.8 Å². The Kier molecular flexibility index (Phi) is 7.70. The molecule has 184 valence electrons. The second kappa shape index (κ2) is 11.1. The number of nitrogens with zero attached hydrogens (tertiary/aromatic N) is 2. The van der Waals surface area contributed by atoms with Crippen LogP contribution in [0.15, 0.2) is 59.0 Å². The summed E-state index contributed by atoms with van der Waals surface area (Å²) in [5, 5.41) is 9.40. The van der Waals surface area contributed by atoms with Crippen LogP contribution >= 0.6 is 0 Å². The normalized spacial score (nSPS) is 17.4. The number of ether oxygens (including phenoxy) is 2. The fraction of sp³-hybridized carbons (Fsp3) is 0.370. The molecule has 35 heavy (non-hydrogen) atoms. The van der Waals surface area contributed by atoms with E-state index in [4.69, 9.17) is 13.9 Å². The highest BCUT2D eigenvalue weighted by Gasteiger charge is 2.39. The SMILES string of the molecule is CCOC(=O)N1C[C@H](C(=O)O)C[C@H]1Cc1ccc(OCCc2nc(-c3ccccc3)oc2C)cc1. The van der Waals surface area contributed by atoms with Gasteiger partial charge in [0.15, 0.2) is 0 Å². The number of aromatic nitrogens is 1. The van der Waals surface area contributed by atoms with Crippen molar-refractivity contribution in [3.05, 3.63) is 71.6 Å². The van der Waals surface area contributed by atoms with E-state index in [0.717, 1.165) is 28.3 Å². The van der Waals surface area contributed by atoms with Crippen molar-refractivity contribution >= 4 is 12.1 Å². The lowest BCUT2D eigenvalue weighted by Gasteiger charge is -2.23. The molecule has 8 nitrogen and oxygen atoms in total. The Morgan fingerprint density at radius 1 is 1.14 bits per heavy atom. The lowest BCUT2D eigenvalue weighted by molar-refractivity contribution is -0.141. The Hall–Kier alpha value is -3.81. The summed E-state index contributed by atoms with van der Waals surface area (Å²) in [7, 11) is 0. The van der Waals surface area contributed by atoms with Gasteiger partial charge in [0.25, 0.3) is 0 Å². The van der Waals surface area contributed by atoms with Gasteiger partial charge in [0.2, 0.25) is 5.89 Å². The number of rotatable bonds is 9. The summed E-state index contributed by atoms with van der Waals surface area (Å²) in [4.78, 5) is 29.9. The van der Waals surface area contributed by atoms with Gasteiger partial charge < -0.3 is 23.9 Å². The zero-order valence-electron chi connectivity index (χ0n) is 20.0. The van der Waals surface area contributed by atoms with E-state index in [-0.39, 0.29) is 19.2 Å². The van der Waals surface area contributed by atoms with E-state index >= 15 is 0 Å². The second-order valence-corrected chi connectivity index (χ2v) is 8.61. The quantitative estimate of drug-likeness (QED) is 0.474. The van der Waals surface area contributed by atoms with Crippen LogP contribution in [0.2, 0.25) is 0 Å². The Bertz CT molecular complexity index is 1140. The number of oxazole rings is 1. The van der Waals surface area contributed by atoms with Gasteiger partial charge in [-0.1, -0.05) is 30.3 Å². The van der Waals surface area contributed by atoms with Crippen LogP contribution in [0.1, 0.15) is 30.4 Å². The smallest absolute Gasteiger partial charge is 0.410 e. The largest absolute Gasteiger partial charge is 0.493 e. The molecular formula is C27H30N2O6. The number of benzene rings is 2. The van der Waals surface area contributed by atoms with Crippen LogP contribution < -0.4 is 4.74 Å². The molecule has 1 aromatic heterocycles. The Morgan fingerprint density at radius 2 is 1.89 bits per heavy atom. The third-order valence-corrected chi connectivity index (χ3v) is 6.18. The van der Waals surface area contributed by atoms with Crippen molar-refractivity contribution in [2.45, 2.75) is 39.2 Å². The van der Waals surface area contributed by atoms with Crippen molar-refractivity contribution in [2.75, 3.05) is 19.8 Å². The Balaban J connectivity index is 1.32. The van der Waals surface area contributed by atoms with Gasteiger partial charge >= 0.3 is 12.1 Å². The van der Waals surface area contributed by atoms with Crippen LogP contribution in [0.4, 0.5) is 4.79 Å². The van der Waals surface area contributed by atoms with E-state index in [0.29, 0.717) is 31.8 Å². The van der Waals surface area contributed by atoms with Crippen molar-refractivity contribution in [1.82, 2.24) is 9.88 Å². The predicted molar refractivity (Wildman–Crippen MR) is 129 cm³/mol. The molecule has 0 saturated carbocycles. The first-order chi connectivity index (χ1) is 16.9. The van der Waals surface area contributed by atoms with Crippen molar-refractivity contribution in [2.24, 2.45) is 5.92 Å². The van der Waals surface area contributed by atoms with E-state index in [1.807, 2.05) is 61.5 Å². The molecular weight excluding hydrogens is 448 g/mol. The molecule has 1 amide bonds. The third kappa shape index (κ3) is 6.01. The van der Waals surface area contributed by atoms with Crippen LogP contribution in [0, 0.1) is 12.8 Å². The van der Waals surface area contributed by atoms with Crippen LogP contribution in [-0.2, 0) is 22.4 Å². The van der Waals surface area contributed by atoms with E-state index in [1.54, 1.807) is 6.92 Å². The fourth-order valence-corrected chi connectivity index (χ4v) is 4.34. The number of carbonyl (C=O) groups excluding carboxylic acids is 1. The molecule has 2 atom stereocenters. The van der Waals surface area contributed by atoms with Gasteiger partial charge in [0, 0.05) is 24.6 Å². The van der Waals surface area contributed by atoms with Gasteiger partial charge in [-0.15, -0.1) is 0 Å². The first kappa shape index (κ1) is 24.3. The highest BCUT2D eigenvalue weighted by Crippen LogP contribution is 2.28. The lowest BCUT2D eigenvalue weighted by atomic mass is 10.00. The molecule has 0 aliphatic carbocycles. The van der Waals surface area contributed by atoms with Gasteiger partial charge in [-0.2, -0.15) is 0 Å². The molecule has 1 aliphatic rings. The number of hydrogen-bond acceptors (Lipinski definition) is 6. The van der Waals surface area contributed by atoms with Crippen LogP contribution in [-0.4, -0.2) is 52.9 Å². The predicted octanol–water partition coefficient (Wildman–Crippen LogP) is 4.75. The van der Waals surface area contributed by atoms with E-state index in [1.165, 1.54) is 4.90 Å². The maximum atomic E-state index is 12.3.